The number of aromatic hydroxyl groups is 3. The van der Waals surface area contributed by atoms with E-state index in [-0.39, 0.29) is 82.5 Å². The van der Waals surface area contributed by atoms with Crippen molar-refractivity contribution >= 4 is 56.5 Å². The van der Waals surface area contributed by atoms with E-state index >= 15 is 8.78 Å². The van der Waals surface area contributed by atoms with Gasteiger partial charge in [0, 0.05) is 63.7 Å². The second-order valence-corrected chi connectivity index (χ2v) is 21.0. The number of pyridine rings is 4. The van der Waals surface area contributed by atoms with Crippen LogP contribution in [0.1, 0.15) is 83.3 Å². The van der Waals surface area contributed by atoms with E-state index in [9.17, 15) is 38.9 Å². The van der Waals surface area contributed by atoms with Gasteiger partial charge in [0.15, 0.2) is 22.9 Å². The fraction of sp³-hybridized carbons (Fsp3) is 0.311. The molecule has 4 N–H and O–H groups in total. The third-order valence-corrected chi connectivity index (χ3v) is 14.4. The summed E-state index contributed by atoms with van der Waals surface area (Å²) < 4.78 is 49.0. The summed E-state index contributed by atoms with van der Waals surface area (Å²) in [5, 5.41) is 34.7. The van der Waals surface area contributed by atoms with E-state index < -0.39 is 51.1 Å². The van der Waals surface area contributed by atoms with Gasteiger partial charge in [-0.1, -0.05) is 60.4 Å². The molecule has 8 aromatic rings. The summed E-state index contributed by atoms with van der Waals surface area (Å²) in [5.41, 5.74) is 1.44. The van der Waals surface area contributed by atoms with Crippen molar-refractivity contribution in [1.82, 2.24) is 49.3 Å². The van der Waals surface area contributed by atoms with E-state index in [1.807, 2.05) is 65.2 Å². The highest BCUT2D eigenvalue weighted by Gasteiger charge is 2.33. The van der Waals surface area contributed by atoms with Gasteiger partial charge < -0.3 is 35.3 Å². The van der Waals surface area contributed by atoms with E-state index in [1.165, 1.54) is 51.6 Å². The number of piperazine rings is 2. The van der Waals surface area contributed by atoms with Crippen LogP contribution in [0.4, 0.5) is 24.8 Å². The van der Waals surface area contributed by atoms with Crippen molar-refractivity contribution in [3.05, 3.63) is 159 Å². The minimum Gasteiger partial charge on any atom is -0.507 e. The molecule has 6 aromatic heterocycles. The molecule has 84 heavy (non-hydrogen) atoms. The first-order valence-electron chi connectivity index (χ1n) is 26.6. The Morgan fingerprint density at radius 1 is 0.667 bits per heavy atom. The Bertz CT molecular complexity index is 3950. The summed E-state index contributed by atoms with van der Waals surface area (Å²) in [7, 11) is 0. The highest BCUT2D eigenvalue weighted by molar-refractivity contribution is 6.66. The average Bonchev–Trinajstić information content (AvgIpc) is 0.959. The highest BCUT2D eigenvalue weighted by Crippen LogP contribution is 2.41. The van der Waals surface area contributed by atoms with Crippen LogP contribution < -0.4 is 26.5 Å². The van der Waals surface area contributed by atoms with Crippen LogP contribution >= 0.6 is 11.6 Å². The number of carbonyl (C=O) groups is 2. The first-order chi connectivity index (χ1) is 39.5. The number of fused-ring (bicyclic) bond motifs is 2. The van der Waals surface area contributed by atoms with Gasteiger partial charge in [0.25, 0.3) is 0 Å². The normalized spacial score (nSPS) is 15.0. The molecule has 8 heterocycles. The molecule has 2 aliphatic rings. The predicted octanol–water partition coefficient (Wildman–Crippen LogP) is 9.68. The zero-order chi connectivity index (χ0) is 60.3. The van der Waals surface area contributed by atoms with Crippen molar-refractivity contribution < 1.29 is 38.1 Å². The molecule has 2 fully saturated rings. The molecule has 1 amide bonds. The van der Waals surface area contributed by atoms with Gasteiger partial charge in [0.2, 0.25) is 11.1 Å². The number of halogens is 4. The fourth-order valence-electron chi connectivity index (χ4n) is 10.2. The van der Waals surface area contributed by atoms with Crippen molar-refractivity contribution in [1.29, 1.82) is 0 Å². The summed E-state index contributed by atoms with van der Waals surface area (Å²) >= 11 is 4.71. The lowest BCUT2D eigenvalue weighted by Gasteiger charge is -2.40. The maximum atomic E-state index is 15.8. The van der Waals surface area contributed by atoms with Gasteiger partial charge in [-0.25, -0.2) is 41.9 Å². The first-order valence-corrected chi connectivity index (χ1v) is 27.0. The van der Waals surface area contributed by atoms with E-state index in [0.29, 0.717) is 78.8 Å². The summed E-state index contributed by atoms with van der Waals surface area (Å²) in [6.45, 7) is 25.0. The van der Waals surface area contributed by atoms with Gasteiger partial charge in [-0.05, 0) is 123 Å². The number of rotatable bonds is 10. The number of nitrogens with one attached hydrogen (secondary N) is 1. The lowest BCUT2D eigenvalue weighted by Crippen LogP contribution is -2.54. The van der Waals surface area contributed by atoms with Crippen LogP contribution in [0, 0.1) is 31.3 Å². The Hall–Kier alpha value is -9.02. The number of nitrogens with zero attached hydrogens (tertiary/aromatic N) is 11. The number of anilines is 2. The molecule has 0 saturated carbocycles. The molecule has 23 heteroatoms. The summed E-state index contributed by atoms with van der Waals surface area (Å²) in [4.78, 5) is 81.7. The number of phenols is 3. The van der Waals surface area contributed by atoms with E-state index in [1.54, 1.807) is 29.4 Å². The molecular weight excluding hydrogens is 1110 g/mol. The van der Waals surface area contributed by atoms with E-state index in [4.69, 9.17) is 11.6 Å². The number of hydrogen-bond acceptors (Lipinski definition) is 16. The van der Waals surface area contributed by atoms with E-state index in [0.717, 1.165) is 23.8 Å². The lowest BCUT2D eigenvalue weighted by molar-refractivity contribution is -0.126. The van der Waals surface area contributed by atoms with Crippen LogP contribution in [-0.4, -0.2) is 122 Å². The Balaban J connectivity index is 0.000000222. The van der Waals surface area contributed by atoms with Crippen LogP contribution in [0.15, 0.2) is 108 Å². The fourth-order valence-corrected chi connectivity index (χ4v) is 10.2. The van der Waals surface area contributed by atoms with Crippen LogP contribution in [0.5, 0.6) is 17.2 Å². The molecule has 0 aliphatic carbocycles. The van der Waals surface area contributed by atoms with Gasteiger partial charge in [0.05, 0.1) is 44.7 Å². The summed E-state index contributed by atoms with van der Waals surface area (Å²) in [6, 6.07) is 13.5. The smallest absolute Gasteiger partial charge is 0.355 e. The number of benzene rings is 2. The third-order valence-electron chi connectivity index (χ3n) is 14.3. The van der Waals surface area contributed by atoms with Gasteiger partial charge in [-0.2, -0.15) is 9.97 Å². The van der Waals surface area contributed by atoms with Gasteiger partial charge in [0.1, 0.15) is 46.1 Å². The number of aromatic nitrogens is 8. The van der Waals surface area contributed by atoms with Crippen molar-refractivity contribution in [2.24, 2.45) is 0 Å². The molecule has 0 radical (unpaired) electrons. The number of allylic oxidation sites excluding steroid dienone is 1. The zero-order valence-corrected chi connectivity index (χ0v) is 47.7. The highest BCUT2D eigenvalue weighted by atomic mass is 35.5. The largest absolute Gasteiger partial charge is 0.507 e. The Kier molecular flexibility index (Phi) is 19.4. The van der Waals surface area contributed by atoms with Crippen molar-refractivity contribution in [3.8, 4) is 51.1 Å². The SMILES string of the molecule is C.C=CC(=O)Cl.C=CC(=O)N1CCN(c2nc(=O)n(-c3c(C)ccnc3C(C)C)c3nc(-c4c(O)cccc4F)c(F)cc23)[C@@H](C)C1.Cc1ccnc(C(C)C)c1-n1c(=O)nc(N2CCNC[C@@H]2C)c2cc(F)c(-c3c(O)cccc3O)nc21. The van der Waals surface area contributed by atoms with Crippen molar-refractivity contribution in [2.45, 2.75) is 86.7 Å². The van der Waals surface area contributed by atoms with Crippen molar-refractivity contribution in [2.75, 3.05) is 49.1 Å². The molecule has 0 bridgehead atoms. The zero-order valence-electron chi connectivity index (χ0n) is 47.0. The standard InChI is InChI=1S/C30H30F2N6O3.C27H29FN6O3.C3H3ClO.CH4/c1-6-23(40)36-12-13-37(18(5)15-36)28-19-14-21(32)26(24-20(31)8-7-9-22(24)39)34-29(19)38(30(41)35-28)27-17(4)10-11-33-25(27)16(2)3;1-14(2)22-24(15(3)8-9-30-22)34-26-17(25(32-27(34)37)33-11-10-29-13-16(33)4)12-18(28)23(31-26)21-19(35)6-5-7-20(21)36;1-2-3(4)5;/h6-11,14,16,18,39H,1,12-13,15H2,2-5H3;5-9,12,14,16,29,35-36H,10-11,13H2,1-4H3;2H,1H2;1H4/t18-;16-;;/m00../s1. The number of amides is 1. The number of aryl methyl sites for hydroxylation is 2. The minimum atomic E-state index is -0.897. The molecule has 0 unspecified atom stereocenters. The summed E-state index contributed by atoms with van der Waals surface area (Å²) in [6.07, 6.45) is 5.62. The predicted molar refractivity (Wildman–Crippen MR) is 320 cm³/mol. The minimum absolute atomic E-state index is 0. The maximum absolute atomic E-state index is 15.8. The lowest BCUT2D eigenvalue weighted by atomic mass is 10.0. The van der Waals surface area contributed by atoms with E-state index in [2.05, 4.69) is 48.4 Å². The number of phenolic OH excluding ortho intramolecular Hbond substituents is 3. The van der Waals surface area contributed by atoms with Gasteiger partial charge >= 0.3 is 11.4 Å². The monoisotopic (exact) mass is 1170 g/mol. The van der Waals surface area contributed by atoms with Crippen LogP contribution in [0.3, 0.4) is 0 Å². The second-order valence-electron chi connectivity index (χ2n) is 20.6. The molecular formula is C61H66ClF3N12O7. The van der Waals surface area contributed by atoms with Gasteiger partial charge in [-0.15, -0.1) is 0 Å². The molecule has 2 aromatic carbocycles. The molecule has 2 atom stereocenters. The topological polar surface area (TPSA) is 238 Å². The van der Waals surface area contributed by atoms with Crippen LogP contribution in [0.25, 0.3) is 56.0 Å². The number of carbonyl (C=O) groups excluding carboxylic acids is 2. The first kappa shape index (κ1) is 62.6. The summed E-state index contributed by atoms with van der Waals surface area (Å²) in [5.74, 6) is -3.44. The third kappa shape index (κ3) is 12.3. The Labute approximate surface area is 488 Å². The molecule has 2 aliphatic heterocycles. The Morgan fingerprint density at radius 2 is 1.12 bits per heavy atom. The molecule has 440 valence electrons. The van der Waals surface area contributed by atoms with Crippen LogP contribution in [0.2, 0.25) is 0 Å². The number of hydrogen-bond donors (Lipinski definition) is 4. The maximum Gasteiger partial charge on any atom is 0.355 e. The molecule has 0 spiro atoms. The molecule has 2 saturated heterocycles. The average molecular weight is 1170 g/mol. The van der Waals surface area contributed by atoms with Crippen LogP contribution in [-0.2, 0) is 9.59 Å². The quantitative estimate of drug-likeness (QED) is 0.0736. The second kappa shape index (κ2) is 26.1. The Morgan fingerprint density at radius 3 is 1.55 bits per heavy atom. The van der Waals surface area contributed by atoms with Crippen molar-refractivity contribution in [3.63, 3.8) is 0 Å². The van der Waals surface area contributed by atoms with Gasteiger partial charge in [-0.3, -0.25) is 19.6 Å². The molecule has 19 nitrogen and oxygen atoms in total. The molecule has 10 rings (SSSR count).